The number of aliphatic hydroxyl groups is 1. The maximum Gasteiger partial charge on any atom is 0.374 e. The molecule has 0 rings (SSSR count). The first-order chi connectivity index (χ1) is 18.8. The van der Waals surface area contributed by atoms with Crippen molar-refractivity contribution in [2.75, 3.05) is 19.0 Å². The van der Waals surface area contributed by atoms with Crippen LogP contribution in [0.4, 0.5) is 0 Å². The quantitative estimate of drug-likeness (QED) is 0.0401. The van der Waals surface area contributed by atoms with E-state index >= 15 is 0 Å². The molecule has 4 atom stereocenters. The number of esters is 1. The van der Waals surface area contributed by atoms with Gasteiger partial charge in [-0.05, 0) is 45.8 Å². The molecule has 0 saturated carbocycles. The van der Waals surface area contributed by atoms with Crippen molar-refractivity contribution in [1.29, 1.82) is 0 Å². The monoisotopic (exact) mass is 594 g/mol. The molecule has 0 aromatic heterocycles. The van der Waals surface area contributed by atoms with Gasteiger partial charge in [-0.3, -0.25) is 0 Å². The van der Waals surface area contributed by atoms with Crippen LogP contribution in [-0.4, -0.2) is 53.0 Å². The lowest BCUT2D eigenvalue weighted by molar-refractivity contribution is -0.199. The average Bonchev–Trinajstić information content (AvgIpc) is 2.91. The Bertz CT molecular complexity index is 579. The normalized spacial score (nSPS) is 15.2. The van der Waals surface area contributed by atoms with E-state index in [2.05, 4.69) is 32.5 Å². The third-order valence-electron chi connectivity index (χ3n) is 6.98. The molecule has 0 aliphatic heterocycles. The molecule has 0 aromatic rings. The van der Waals surface area contributed by atoms with Gasteiger partial charge in [0.15, 0.2) is 0 Å². The van der Waals surface area contributed by atoms with E-state index in [4.69, 9.17) is 14.2 Å². The number of hydrogen-bond acceptors (Lipinski definition) is 7. The summed E-state index contributed by atoms with van der Waals surface area (Å²) in [5, 5.41) is 10.7. The molecule has 0 heterocycles. The highest BCUT2D eigenvalue weighted by Crippen LogP contribution is 2.26. The molecule has 6 nitrogen and oxygen atoms in total. The van der Waals surface area contributed by atoms with Crippen molar-refractivity contribution in [2.45, 2.75) is 173 Å². The summed E-state index contributed by atoms with van der Waals surface area (Å²) in [7, 11) is -1.88. The summed E-state index contributed by atoms with van der Waals surface area (Å²) >= 11 is 2.06. The van der Waals surface area contributed by atoms with Crippen molar-refractivity contribution in [2.24, 2.45) is 0 Å². The summed E-state index contributed by atoms with van der Waals surface area (Å²) in [6.45, 7) is 10.6. The summed E-state index contributed by atoms with van der Waals surface area (Å²) in [5.41, 5.74) is -2.35. The van der Waals surface area contributed by atoms with Gasteiger partial charge in [-0.15, -0.1) is 0 Å². The topological polar surface area (TPSA) is 82.1 Å². The van der Waals surface area contributed by atoms with E-state index < -0.39 is 26.1 Å². The SMILES string of the molecule is CCCCCCCCCCCCCSC(CCCCCCC)C(C)OCCCOC(O)([PH2]=O)C(=O)OC(C)C. The molecule has 0 aliphatic rings. The number of unbranched alkanes of at least 4 members (excludes halogenated alkanes) is 14. The summed E-state index contributed by atoms with van der Waals surface area (Å²) in [6, 6.07) is 0. The van der Waals surface area contributed by atoms with Crippen LogP contribution in [0, 0.1) is 0 Å². The maximum atomic E-state index is 12.0. The highest BCUT2D eigenvalue weighted by Gasteiger charge is 2.38. The van der Waals surface area contributed by atoms with Gasteiger partial charge in [0.05, 0.1) is 18.8 Å². The van der Waals surface area contributed by atoms with Crippen LogP contribution in [0.2, 0.25) is 0 Å². The molecule has 0 saturated heterocycles. The van der Waals surface area contributed by atoms with Crippen LogP contribution in [0.5, 0.6) is 0 Å². The zero-order valence-corrected chi connectivity index (χ0v) is 28.0. The van der Waals surface area contributed by atoms with Crippen LogP contribution >= 0.6 is 20.2 Å². The van der Waals surface area contributed by atoms with Gasteiger partial charge in [-0.25, -0.2) is 4.79 Å². The van der Waals surface area contributed by atoms with Crippen molar-refractivity contribution < 1.29 is 28.7 Å². The molecule has 0 spiro atoms. The Hall–Kier alpha value is -0.0700. The molecule has 8 heteroatoms. The molecular formula is C31H63O6PS. The van der Waals surface area contributed by atoms with Gasteiger partial charge in [0.1, 0.15) is 8.46 Å². The number of thioether (sulfide) groups is 1. The lowest BCUT2D eigenvalue weighted by atomic mass is 10.1. The zero-order chi connectivity index (χ0) is 29.2. The molecule has 0 bridgehead atoms. The van der Waals surface area contributed by atoms with Crippen molar-refractivity contribution in [3.05, 3.63) is 0 Å². The Labute approximate surface area is 246 Å². The van der Waals surface area contributed by atoms with Crippen molar-refractivity contribution in [3.63, 3.8) is 0 Å². The van der Waals surface area contributed by atoms with Gasteiger partial charge >= 0.3 is 11.5 Å². The molecule has 0 aliphatic carbocycles. The smallest absolute Gasteiger partial charge is 0.374 e. The van der Waals surface area contributed by atoms with Gasteiger partial charge in [0.2, 0.25) is 0 Å². The highest BCUT2D eigenvalue weighted by molar-refractivity contribution is 7.99. The van der Waals surface area contributed by atoms with E-state index in [0.717, 1.165) is 0 Å². The van der Waals surface area contributed by atoms with E-state index in [-0.39, 0.29) is 12.7 Å². The van der Waals surface area contributed by atoms with E-state index in [1.165, 1.54) is 115 Å². The highest BCUT2D eigenvalue weighted by atomic mass is 32.2. The molecule has 0 amide bonds. The molecule has 39 heavy (non-hydrogen) atoms. The predicted molar refractivity (Wildman–Crippen MR) is 169 cm³/mol. The number of ether oxygens (including phenoxy) is 3. The zero-order valence-electron chi connectivity index (χ0n) is 26.1. The second-order valence-electron chi connectivity index (χ2n) is 11.2. The van der Waals surface area contributed by atoms with Gasteiger partial charge in [0.25, 0.3) is 0 Å². The van der Waals surface area contributed by atoms with E-state index in [0.29, 0.717) is 18.3 Å². The summed E-state index contributed by atoms with van der Waals surface area (Å²) < 4.78 is 27.8. The third-order valence-corrected chi connectivity index (χ3v) is 9.28. The van der Waals surface area contributed by atoms with Gasteiger partial charge in [-0.2, -0.15) is 11.8 Å². The third kappa shape index (κ3) is 22.2. The molecule has 234 valence electrons. The van der Waals surface area contributed by atoms with Gasteiger partial charge < -0.3 is 23.9 Å². The van der Waals surface area contributed by atoms with Gasteiger partial charge in [0, 0.05) is 11.9 Å². The number of carbonyl (C=O) groups excluding carboxylic acids is 1. The fraction of sp³-hybridized carbons (Fsp3) is 0.968. The van der Waals surface area contributed by atoms with Crippen LogP contribution in [-0.2, 0) is 23.6 Å². The Morgan fingerprint density at radius 2 is 1.28 bits per heavy atom. The fourth-order valence-corrected chi connectivity index (χ4v) is 6.21. The lowest BCUT2D eigenvalue weighted by Gasteiger charge is -2.25. The standard InChI is InChI=1S/C31H63O6PS/c1-6-8-10-12-13-14-15-16-17-19-21-26-39-29(23-20-18-11-9-7-2)28(5)35-24-22-25-36-31(33,38-34)30(32)37-27(3)4/h27-29,33H,6-26,38H2,1-5H3. The molecular weight excluding hydrogens is 531 g/mol. The first kappa shape index (κ1) is 38.9. The van der Waals surface area contributed by atoms with E-state index in [1.54, 1.807) is 13.8 Å². The van der Waals surface area contributed by atoms with Crippen molar-refractivity contribution >= 4 is 26.2 Å². The predicted octanol–water partition coefficient (Wildman–Crippen LogP) is 8.93. The molecule has 0 radical (unpaired) electrons. The minimum absolute atomic E-state index is 0.0826. The Balaban J connectivity index is 4.28. The van der Waals surface area contributed by atoms with Crippen molar-refractivity contribution in [1.82, 2.24) is 0 Å². The van der Waals surface area contributed by atoms with Gasteiger partial charge in [-0.1, -0.05) is 110 Å². The molecule has 0 fully saturated rings. The maximum absolute atomic E-state index is 12.0. The summed E-state index contributed by atoms with van der Waals surface area (Å²) in [5.74, 6) is 0.198. The summed E-state index contributed by atoms with van der Waals surface area (Å²) in [4.78, 5) is 12.0. The number of carbonyl (C=O) groups is 1. The van der Waals surface area contributed by atoms with E-state index in [9.17, 15) is 14.5 Å². The minimum atomic E-state index is -2.35. The first-order valence-corrected chi connectivity index (χ1v) is 18.2. The van der Waals surface area contributed by atoms with E-state index in [1.807, 2.05) is 0 Å². The fourth-order valence-electron chi connectivity index (χ4n) is 4.51. The molecule has 1 N–H and O–H groups in total. The number of hydrogen-bond donors (Lipinski definition) is 1. The first-order valence-electron chi connectivity index (χ1n) is 16.1. The minimum Gasteiger partial charge on any atom is -0.459 e. The molecule has 0 aromatic carbocycles. The second kappa shape index (κ2) is 26.8. The van der Waals surface area contributed by atoms with Crippen molar-refractivity contribution in [3.8, 4) is 0 Å². The van der Waals surface area contributed by atoms with Crippen LogP contribution in [0.3, 0.4) is 0 Å². The summed E-state index contributed by atoms with van der Waals surface area (Å²) in [6.07, 6.45) is 22.8. The second-order valence-corrected chi connectivity index (χ2v) is 13.6. The number of rotatable bonds is 29. The largest absolute Gasteiger partial charge is 0.459 e. The Kier molecular flexibility index (Phi) is 26.8. The van der Waals surface area contributed by atoms with Crippen LogP contribution in [0.1, 0.15) is 150 Å². The van der Waals surface area contributed by atoms with Crippen LogP contribution in [0.15, 0.2) is 0 Å². The van der Waals surface area contributed by atoms with Crippen LogP contribution in [0.25, 0.3) is 0 Å². The molecule has 4 unspecified atom stereocenters. The lowest BCUT2D eigenvalue weighted by Crippen LogP contribution is -2.39. The average molecular weight is 595 g/mol. The van der Waals surface area contributed by atoms with Crippen LogP contribution < -0.4 is 0 Å². The Morgan fingerprint density at radius 1 is 0.769 bits per heavy atom. The Morgan fingerprint density at radius 3 is 1.79 bits per heavy atom.